The van der Waals surface area contributed by atoms with E-state index in [0.29, 0.717) is 0 Å². The molecule has 1 heterocycles. The van der Waals surface area contributed by atoms with E-state index in [2.05, 4.69) is 53.6 Å². The summed E-state index contributed by atoms with van der Waals surface area (Å²) in [5, 5.41) is 6.99. The fourth-order valence-corrected chi connectivity index (χ4v) is 3.21. The molecular formula is C20H34N4O2. The average molecular weight is 363 g/mol. The highest BCUT2D eigenvalue weighted by atomic mass is 16.5. The lowest BCUT2D eigenvalue weighted by Crippen LogP contribution is -2.45. The fourth-order valence-electron chi connectivity index (χ4n) is 3.21. The van der Waals surface area contributed by atoms with Crippen LogP contribution >= 0.6 is 0 Å². The van der Waals surface area contributed by atoms with Crippen LogP contribution in [0.15, 0.2) is 29.3 Å². The number of rotatable bonds is 8. The van der Waals surface area contributed by atoms with Gasteiger partial charge in [-0.2, -0.15) is 0 Å². The Kier molecular flexibility index (Phi) is 7.72. The number of hydrogen-bond acceptors (Lipinski definition) is 4. The molecule has 1 atom stereocenters. The van der Waals surface area contributed by atoms with Gasteiger partial charge in [0.15, 0.2) is 5.96 Å². The number of likely N-dealkylation sites (N-methyl/N-ethyl adjacent to an activating group) is 1. The predicted octanol–water partition coefficient (Wildman–Crippen LogP) is 2.42. The SMILES string of the molecule is CN=C(NCCCN(C)CCOC)NC1CC(C)(C)Oc2ccccc21. The van der Waals surface area contributed by atoms with Crippen molar-refractivity contribution in [3.05, 3.63) is 29.8 Å². The third-order valence-corrected chi connectivity index (χ3v) is 4.60. The van der Waals surface area contributed by atoms with Gasteiger partial charge < -0.3 is 25.0 Å². The molecule has 1 aromatic rings. The highest BCUT2D eigenvalue weighted by Crippen LogP contribution is 2.39. The Balaban J connectivity index is 1.86. The zero-order valence-corrected chi connectivity index (χ0v) is 16.8. The number of ether oxygens (including phenoxy) is 2. The molecule has 0 aromatic heterocycles. The Hall–Kier alpha value is -1.79. The highest BCUT2D eigenvalue weighted by molar-refractivity contribution is 5.80. The summed E-state index contributed by atoms with van der Waals surface area (Å²) in [6, 6.07) is 8.42. The standard InChI is InChI=1S/C20H34N4O2/c1-20(2)15-17(16-9-6-7-10-18(16)26-20)23-19(21-3)22-11-8-12-24(4)13-14-25-5/h6-7,9-10,17H,8,11-15H2,1-5H3,(H2,21,22,23). The van der Waals surface area contributed by atoms with Gasteiger partial charge in [0.25, 0.3) is 0 Å². The third kappa shape index (κ3) is 6.18. The van der Waals surface area contributed by atoms with Crippen LogP contribution in [0.2, 0.25) is 0 Å². The van der Waals surface area contributed by atoms with E-state index in [-0.39, 0.29) is 11.6 Å². The molecule has 6 heteroatoms. The van der Waals surface area contributed by atoms with Crippen molar-refractivity contribution in [2.45, 2.75) is 38.3 Å². The van der Waals surface area contributed by atoms with Gasteiger partial charge in [-0.25, -0.2) is 0 Å². The van der Waals surface area contributed by atoms with Crippen LogP contribution in [-0.4, -0.2) is 63.9 Å². The van der Waals surface area contributed by atoms with E-state index in [4.69, 9.17) is 9.47 Å². The minimum absolute atomic E-state index is 0.186. The van der Waals surface area contributed by atoms with Crippen molar-refractivity contribution in [2.24, 2.45) is 4.99 Å². The monoisotopic (exact) mass is 362 g/mol. The van der Waals surface area contributed by atoms with Crippen molar-refractivity contribution >= 4 is 5.96 Å². The van der Waals surface area contributed by atoms with E-state index in [9.17, 15) is 0 Å². The van der Waals surface area contributed by atoms with Gasteiger partial charge in [0.1, 0.15) is 11.4 Å². The number of hydrogen-bond donors (Lipinski definition) is 2. The van der Waals surface area contributed by atoms with Crippen LogP contribution in [0.4, 0.5) is 0 Å². The second-order valence-corrected chi connectivity index (χ2v) is 7.45. The summed E-state index contributed by atoms with van der Waals surface area (Å²) in [7, 11) is 5.67. The number of para-hydroxylation sites is 1. The molecule has 0 spiro atoms. The first kappa shape index (κ1) is 20.5. The van der Waals surface area contributed by atoms with Gasteiger partial charge in [-0.3, -0.25) is 4.99 Å². The van der Waals surface area contributed by atoms with Crippen LogP contribution in [0.25, 0.3) is 0 Å². The van der Waals surface area contributed by atoms with Crippen LogP contribution in [0.5, 0.6) is 5.75 Å². The van der Waals surface area contributed by atoms with E-state index in [1.807, 2.05) is 19.2 Å². The number of nitrogens with one attached hydrogen (secondary N) is 2. The van der Waals surface area contributed by atoms with Crippen molar-refractivity contribution in [1.29, 1.82) is 0 Å². The number of guanidine groups is 1. The minimum Gasteiger partial charge on any atom is -0.487 e. The van der Waals surface area contributed by atoms with Gasteiger partial charge in [-0.05, 0) is 39.9 Å². The van der Waals surface area contributed by atoms with Crippen molar-refractivity contribution in [2.75, 3.05) is 47.4 Å². The lowest BCUT2D eigenvalue weighted by atomic mass is 9.90. The highest BCUT2D eigenvalue weighted by Gasteiger charge is 2.33. The molecule has 6 nitrogen and oxygen atoms in total. The molecule has 1 aliphatic heterocycles. The van der Waals surface area contributed by atoms with Gasteiger partial charge in [0.2, 0.25) is 0 Å². The Morgan fingerprint density at radius 2 is 2.12 bits per heavy atom. The van der Waals surface area contributed by atoms with E-state index < -0.39 is 0 Å². The first-order chi connectivity index (χ1) is 12.4. The van der Waals surface area contributed by atoms with E-state index in [1.54, 1.807) is 7.11 Å². The first-order valence-corrected chi connectivity index (χ1v) is 9.38. The van der Waals surface area contributed by atoms with Crippen LogP contribution in [-0.2, 0) is 4.74 Å². The van der Waals surface area contributed by atoms with Crippen molar-refractivity contribution < 1.29 is 9.47 Å². The molecule has 26 heavy (non-hydrogen) atoms. The third-order valence-electron chi connectivity index (χ3n) is 4.60. The number of methoxy groups -OCH3 is 1. The molecule has 0 fully saturated rings. The summed E-state index contributed by atoms with van der Waals surface area (Å²) in [5.74, 6) is 1.79. The molecular weight excluding hydrogens is 328 g/mol. The smallest absolute Gasteiger partial charge is 0.191 e. The number of fused-ring (bicyclic) bond motifs is 1. The number of aliphatic imine (C=N–C) groups is 1. The number of benzene rings is 1. The molecule has 1 aromatic carbocycles. The Morgan fingerprint density at radius 3 is 2.85 bits per heavy atom. The topological polar surface area (TPSA) is 58.1 Å². The van der Waals surface area contributed by atoms with Crippen LogP contribution < -0.4 is 15.4 Å². The molecule has 0 radical (unpaired) electrons. The molecule has 146 valence electrons. The van der Waals surface area contributed by atoms with Crippen LogP contribution in [0.3, 0.4) is 0 Å². The summed E-state index contributed by atoms with van der Waals surface area (Å²) in [4.78, 5) is 6.67. The van der Waals surface area contributed by atoms with Crippen LogP contribution in [0, 0.1) is 0 Å². The van der Waals surface area contributed by atoms with Gasteiger partial charge >= 0.3 is 0 Å². The Morgan fingerprint density at radius 1 is 1.35 bits per heavy atom. The molecule has 0 amide bonds. The largest absolute Gasteiger partial charge is 0.487 e. The minimum atomic E-state index is -0.199. The Labute approximate surface area is 158 Å². The van der Waals surface area contributed by atoms with Crippen molar-refractivity contribution in [1.82, 2.24) is 15.5 Å². The molecule has 1 aliphatic rings. The van der Waals surface area contributed by atoms with E-state index >= 15 is 0 Å². The van der Waals surface area contributed by atoms with Gasteiger partial charge in [0, 0.05) is 39.2 Å². The molecule has 2 N–H and O–H groups in total. The zero-order valence-electron chi connectivity index (χ0n) is 16.8. The average Bonchev–Trinajstić information content (AvgIpc) is 2.61. The lowest BCUT2D eigenvalue weighted by molar-refractivity contribution is 0.0694. The van der Waals surface area contributed by atoms with Crippen molar-refractivity contribution in [3.63, 3.8) is 0 Å². The fraction of sp³-hybridized carbons (Fsp3) is 0.650. The van der Waals surface area contributed by atoms with Gasteiger partial charge in [-0.1, -0.05) is 18.2 Å². The van der Waals surface area contributed by atoms with Gasteiger partial charge in [-0.15, -0.1) is 0 Å². The lowest BCUT2D eigenvalue weighted by Gasteiger charge is -2.38. The molecule has 1 unspecified atom stereocenters. The van der Waals surface area contributed by atoms with Crippen LogP contribution in [0.1, 0.15) is 38.3 Å². The quantitative estimate of drug-likeness (QED) is 0.423. The summed E-state index contributed by atoms with van der Waals surface area (Å²) in [6.45, 7) is 7.89. The maximum atomic E-state index is 6.11. The predicted molar refractivity (Wildman–Crippen MR) is 107 cm³/mol. The molecule has 2 rings (SSSR count). The molecule has 0 saturated heterocycles. The summed E-state index contributed by atoms with van der Waals surface area (Å²) in [6.07, 6.45) is 1.95. The maximum Gasteiger partial charge on any atom is 0.191 e. The number of nitrogens with zero attached hydrogens (tertiary/aromatic N) is 2. The first-order valence-electron chi connectivity index (χ1n) is 9.38. The van der Waals surface area contributed by atoms with Crippen molar-refractivity contribution in [3.8, 4) is 5.75 Å². The molecule has 0 saturated carbocycles. The second kappa shape index (κ2) is 9.78. The molecule has 0 aliphatic carbocycles. The zero-order chi connectivity index (χ0) is 19.0. The van der Waals surface area contributed by atoms with E-state index in [1.165, 1.54) is 5.56 Å². The second-order valence-electron chi connectivity index (χ2n) is 7.45. The Bertz CT molecular complexity index is 589. The summed E-state index contributed by atoms with van der Waals surface area (Å²) >= 11 is 0. The van der Waals surface area contributed by atoms with Gasteiger partial charge in [0.05, 0.1) is 12.6 Å². The maximum absolute atomic E-state index is 6.11. The van der Waals surface area contributed by atoms with E-state index in [0.717, 1.165) is 50.8 Å². The summed E-state index contributed by atoms with van der Waals surface area (Å²) in [5.41, 5.74) is 0.989. The summed E-state index contributed by atoms with van der Waals surface area (Å²) < 4.78 is 11.2. The normalized spacial score (nSPS) is 19.0. The molecule has 0 bridgehead atoms.